The van der Waals surface area contributed by atoms with Crippen LogP contribution in [0, 0.1) is 5.82 Å². The number of benzene rings is 2. The van der Waals surface area contributed by atoms with E-state index in [0.29, 0.717) is 23.8 Å². The van der Waals surface area contributed by atoms with Gasteiger partial charge in [0, 0.05) is 23.8 Å². The van der Waals surface area contributed by atoms with Crippen molar-refractivity contribution in [2.75, 3.05) is 5.73 Å². The monoisotopic (exact) mass is 284 g/mol. The molecule has 0 bridgehead atoms. The predicted octanol–water partition coefficient (Wildman–Crippen LogP) is 3.21. The van der Waals surface area contributed by atoms with Gasteiger partial charge in [-0.15, -0.1) is 0 Å². The first-order chi connectivity index (χ1) is 10.1. The molecule has 2 aromatic carbocycles. The lowest BCUT2D eigenvalue weighted by Gasteiger charge is -2.22. The minimum Gasteiger partial charge on any atom is -0.399 e. The molecule has 1 amide bonds. The second-order valence-electron chi connectivity index (χ2n) is 5.41. The number of carbonyl (C=O) groups excluding carboxylic acids is 1. The third-order valence-corrected chi connectivity index (χ3v) is 3.67. The van der Waals surface area contributed by atoms with Crippen LogP contribution < -0.4 is 5.73 Å². The topological polar surface area (TPSA) is 46.3 Å². The van der Waals surface area contributed by atoms with Gasteiger partial charge in [-0.25, -0.2) is 4.39 Å². The second-order valence-corrected chi connectivity index (χ2v) is 5.41. The summed E-state index contributed by atoms with van der Waals surface area (Å²) in [6.45, 7) is 0.557. The van der Waals surface area contributed by atoms with Gasteiger partial charge in [0.1, 0.15) is 5.82 Å². The van der Waals surface area contributed by atoms with Crippen molar-refractivity contribution in [2.45, 2.75) is 25.4 Å². The lowest BCUT2D eigenvalue weighted by Crippen LogP contribution is -2.32. The maximum absolute atomic E-state index is 13.0. The van der Waals surface area contributed by atoms with Crippen molar-refractivity contribution in [1.29, 1.82) is 0 Å². The molecule has 3 nitrogen and oxygen atoms in total. The standard InChI is InChI=1S/C17H17FN2O/c18-14-5-3-13(4-6-14)17(21)20(16-9-10-16)11-12-1-7-15(19)8-2-12/h1-8,16H,9-11,19H2. The summed E-state index contributed by atoms with van der Waals surface area (Å²) in [7, 11) is 0. The third kappa shape index (κ3) is 3.21. The molecule has 0 unspecified atom stereocenters. The number of nitrogens with two attached hydrogens (primary N) is 1. The molecular weight excluding hydrogens is 267 g/mol. The molecule has 2 N–H and O–H groups in total. The molecule has 4 heteroatoms. The fourth-order valence-electron chi connectivity index (χ4n) is 2.33. The smallest absolute Gasteiger partial charge is 0.254 e. The summed E-state index contributed by atoms with van der Waals surface area (Å²) in [5.74, 6) is -0.377. The van der Waals surface area contributed by atoms with Gasteiger partial charge in [0.2, 0.25) is 0 Å². The van der Waals surface area contributed by atoms with E-state index >= 15 is 0 Å². The van der Waals surface area contributed by atoms with Crippen molar-refractivity contribution in [2.24, 2.45) is 0 Å². The molecule has 0 atom stereocenters. The first-order valence-electron chi connectivity index (χ1n) is 7.04. The van der Waals surface area contributed by atoms with Crippen LogP contribution in [0.4, 0.5) is 10.1 Å². The van der Waals surface area contributed by atoms with E-state index in [4.69, 9.17) is 5.73 Å². The molecule has 1 aliphatic carbocycles. The molecule has 0 saturated heterocycles. The van der Waals surface area contributed by atoms with Crippen LogP contribution in [0.25, 0.3) is 0 Å². The highest BCUT2D eigenvalue weighted by atomic mass is 19.1. The van der Waals surface area contributed by atoms with Gasteiger partial charge in [0.15, 0.2) is 0 Å². The molecule has 1 saturated carbocycles. The number of nitrogens with zero attached hydrogens (tertiary/aromatic N) is 1. The number of nitrogen functional groups attached to an aromatic ring is 1. The largest absolute Gasteiger partial charge is 0.399 e. The predicted molar refractivity (Wildman–Crippen MR) is 80.1 cm³/mol. The number of hydrogen-bond donors (Lipinski definition) is 1. The van der Waals surface area contributed by atoms with Gasteiger partial charge in [-0.2, -0.15) is 0 Å². The van der Waals surface area contributed by atoms with Crippen molar-refractivity contribution in [3.63, 3.8) is 0 Å². The lowest BCUT2D eigenvalue weighted by molar-refractivity contribution is 0.0730. The average molecular weight is 284 g/mol. The molecule has 0 radical (unpaired) electrons. The quantitative estimate of drug-likeness (QED) is 0.876. The van der Waals surface area contributed by atoms with Crippen LogP contribution in [0.5, 0.6) is 0 Å². The van der Waals surface area contributed by atoms with Crippen molar-refractivity contribution < 1.29 is 9.18 Å². The van der Waals surface area contributed by atoms with Crippen LogP contribution in [0.2, 0.25) is 0 Å². The van der Waals surface area contributed by atoms with Gasteiger partial charge in [-0.1, -0.05) is 12.1 Å². The van der Waals surface area contributed by atoms with Crippen molar-refractivity contribution in [1.82, 2.24) is 4.90 Å². The van der Waals surface area contributed by atoms with Crippen LogP contribution >= 0.6 is 0 Å². The van der Waals surface area contributed by atoms with Crippen LogP contribution in [-0.2, 0) is 6.54 Å². The third-order valence-electron chi connectivity index (χ3n) is 3.67. The number of rotatable bonds is 4. The van der Waals surface area contributed by atoms with Crippen molar-refractivity contribution in [3.8, 4) is 0 Å². The Morgan fingerprint density at radius 3 is 2.29 bits per heavy atom. The number of carbonyl (C=O) groups is 1. The second kappa shape index (κ2) is 5.56. The van der Waals surface area contributed by atoms with E-state index in [1.54, 1.807) is 0 Å². The van der Waals surface area contributed by atoms with E-state index < -0.39 is 0 Å². The Morgan fingerprint density at radius 2 is 1.71 bits per heavy atom. The lowest BCUT2D eigenvalue weighted by atomic mass is 10.1. The summed E-state index contributed by atoms with van der Waals surface area (Å²) in [4.78, 5) is 14.4. The summed E-state index contributed by atoms with van der Waals surface area (Å²) < 4.78 is 13.0. The SMILES string of the molecule is Nc1ccc(CN(C(=O)c2ccc(F)cc2)C2CC2)cc1. The van der Waals surface area contributed by atoms with Gasteiger partial charge in [0.05, 0.1) is 0 Å². The number of halogens is 1. The highest BCUT2D eigenvalue weighted by Crippen LogP contribution is 2.30. The van der Waals surface area contributed by atoms with Gasteiger partial charge >= 0.3 is 0 Å². The molecule has 108 valence electrons. The molecule has 0 aromatic heterocycles. The fraction of sp³-hybridized carbons (Fsp3) is 0.235. The van der Waals surface area contributed by atoms with Crippen molar-refractivity contribution >= 4 is 11.6 Å². The Balaban J connectivity index is 1.79. The van der Waals surface area contributed by atoms with Crippen LogP contribution in [-0.4, -0.2) is 16.8 Å². The molecule has 1 fully saturated rings. The molecule has 3 rings (SSSR count). The maximum atomic E-state index is 13.0. The minimum atomic E-state index is -0.331. The molecular formula is C17H17FN2O. The highest BCUT2D eigenvalue weighted by molar-refractivity contribution is 5.94. The zero-order valence-electron chi connectivity index (χ0n) is 11.6. The van der Waals surface area contributed by atoms with E-state index in [1.165, 1.54) is 24.3 Å². The maximum Gasteiger partial charge on any atom is 0.254 e. The van der Waals surface area contributed by atoms with Crippen LogP contribution in [0.1, 0.15) is 28.8 Å². The minimum absolute atomic E-state index is 0.0469. The zero-order chi connectivity index (χ0) is 14.8. The van der Waals surface area contributed by atoms with Crippen LogP contribution in [0.3, 0.4) is 0 Å². The molecule has 2 aromatic rings. The Labute approximate surface area is 123 Å². The summed E-state index contributed by atoms with van der Waals surface area (Å²) in [6, 6.07) is 13.5. The number of amides is 1. The van der Waals surface area contributed by atoms with Gasteiger partial charge in [-0.05, 0) is 54.8 Å². The van der Waals surface area contributed by atoms with E-state index in [9.17, 15) is 9.18 Å². The number of hydrogen-bond acceptors (Lipinski definition) is 2. The normalized spacial score (nSPS) is 14.0. The van der Waals surface area contributed by atoms with Crippen molar-refractivity contribution in [3.05, 3.63) is 65.5 Å². The van der Waals surface area contributed by atoms with E-state index in [-0.39, 0.29) is 11.7 Å². The summed E-state index contributed by atoms with van der Waals surface area (Å²) in [5, 5.41) is 0. The zero-order valence-corrected chi connectivity index (χ0v) is 11.6. The van der Waals surface area contributed by atoms with Gasteiger partial charge < -0.3 is 10.6 Å². The Kier molecular flexibility index (Phi) is 3.60. The molecule has 1 aliphatic rings. The van der Waals surface area contributed by atoms with E-state index in [0.717, 1.165) is 18.4 Å². The first-order valence-corrected chi connectivity index (χ1v) is 7.04. The van der Waals surface area contributed by atoms with Gasteiger partial charge in [0.25, 0.3) is 5.91 Å². The summed E-state index contributed by atoms with van der Waals surface area (Å²) >= 11 is 0. The molecule has 0 heterocycles. The summed E-state index contributed by atoms with van der Waals surface area (Å²) in [6.07, 6.45) is 2.06. The molecule has 0 aliphatic heterocycles. The fourth-order valence-corrected chi connectivity index (χ4v) is 2.33. The Hall–Kier alpha value is -2.36. The summed E-state index contributed by atoms with van der Waals surface area (Å²) in [5.41, 5.74) is 7.96. The molecule has 0 spiro atoms. The number of anilines is 1. The highest BCUT2D eigenvalue weighted by Gasteiger charge is 2.33. The molecule has 21 heavy (non-hydrogen) atoms. The van der Waals surface area contributed by atoms with Crippen LogP contribution in [0.15, 0.2) is 48.5 Å². The Bertz CT molecular complexity index is 633. The van der Waals surface area contributed by atoms with E-state index in [1.807, 2.05) is 29.2 Å². The van der Waals surface area contributed by atoms with Gasteiger partial charge in [-0.3, -0.25) is 4.79 Å². The van der Waals surface area contributed by atoms with E-state index in [2.05, 4.69) is 0 Å². The average Bonchev–Trinajstić information content (AvgIpc) is 3.31. The first kappa shape index (κ1) is 13.6. The Morgan fingerprint density at radius 1 is 1.10 bits per heavy atom.